The van der Waals surface area contributed by atoms with Gasteiger partial charge in [-0.3, -0.25) is 4.79 Å². The van der Waals surface area contributed by atoms with Gasteiger partial charge in [0.25, 0.3) is 0 Å². The average molecular weight is 453 g/mol. The summed E-state index contributed by atoms with van der Waals surface area (Å²) in [6.07, 6.45) is -17.2. The van der Waals surface area contributed by atoms with E-state index in [1.165, 1.54) is 0 Å². The van der Waals surface area contributed by atoms with Gasteiger partial charge >= 0.3 is 24.5 Å². The Labute approximate surface area is 166 Å². The van der Waals surface area contributed by atoms with Crippen LogP contribution in [0.15, 0.2) is 12.1 Å². The van der Waals surface area contributed by atoms with Gasteiger partial charge in [-0.2, -0.15) is 39.5 Å². The SMILES string of the molecule is CCC(CCc1cc(C(F)(F)F)cc(C(F)(F)F)c1C(F)(F)F)CC(CN)C(=O)O. The summed E-state index contributed by atoms with van der Waals surface area (Å²) in [5, 5.41) is 9.03. The maximum Gasteiger partial charge on any atom is 0.417 e. The number of benzene rings is 1. The van der Waals surface area contributed by atoms with Crippen molar-refractivity contribution in [3.8, 4) is 0 Å². The Morgan fingerprint density at radius 1 is 1.00 bits per heavy atom. The van der Waals surface area contributed by atoms with Gasteiger partial charge in [0.05, 0.1) is 22.6 Å². The molecular weight excluding hydrogens is 433 g/mol. The molecule has 2 unspecified atom stereocenters. The Morgan fingerprint density at radius 2 is 1.57 bits per heavy atom. The second-order valence-corrected chi connectivity index (χ2v) is 6.87. The first-order valence-corrected chi connectivity index (χ1v) is 8.83. The molecule has 0 heterocycles. The van der Waals surface area contributed by atoms with Gasteiger partial charge in [0.15, 0.2) is 0 Å². The number of carbonyl (C=O) groups is 1. The Balaban J connectivity index is 3.43. The van der Waals surface area contributed by atoms with E-state index in [4.69, 9.17) is 10.8 Å². The van der Waals surface area contributed by atoms with Crippen LogP contribution in [0.2, 0.25) is 0 Å². The second kappa shape index (κ2) is 9.44. The van der Waals surface area contributed by atoms with Gasteiger partial charge in [0.2, 0.25) is 0 Å². The van der Waals surface area contributed by atoms with Gasteiger partial charge in [-0.05, 0) is 42.9 Å². The molecule has 0 saturated carbocycles. The summed E-state index contributed by atoms with van der Waals surface area (Å²) in [7, 11) is 0. The van der Waals surface area contributed by atoms with Crippen LogP contribution in [-0.2, 0) is 29.7 Å². The zero-order chi connectivity index (χ0) is 23.5. The Morgan fingerprint density at radius 3 is 1.93 bits per heavy atom. The fourth-order valence-electron chi connectivity index (χ4n) is 3.17. The highest BCUT2D eigenvalue weighted by molar-refractivity contribution is 5.70. The van der Waals surface area contributed by atoms with E-state index in [2.05, 4.69) is 0 Å². The van der Waals surface area contributed by atoms with Crippen LogP contribution in [-0.4, -0.2) is 17.6 Å². The molecule has 0 amide bonds. The Bertz CT molecular complexity index is 739. The number of carboxylic acids is 1. The molecule has 0 saturated heterocycles. The highest BCUT2D eigenvalue weighted by Gasteiger charge is 2.47. The van der Waals surface area contributed by atoms with Crippen molar-refractivity contribution < 1.29 is 49.4 Å². The minimum absolute atomic E-state index is 0.0607. The van der Waals surface area contributed by atoms with E-state index in [-0.39, 0.29) is 31.9 Å². The lowest BCUT2D eigenvalue weighted by Crippen LogP contribution is -2.26. The summed E-state index contributed by atoms with van der Waals surface area (Å²) in [5.41, 5.74) is -2.22. The topological polar surface area (TPSA) is 63.3 Å². The van der Waals surface area contributed by atoms with Crippen LogP contribution in [0.1, 0.15) is 48.4 Å². The molecule has 30 heavy (non-hydrogen) atoms. The quantitative estimate of drug-likeness (QED) is 0.493. The molecule has 0 aliphatic heterocycles. The van der Waals surface area contributed by atoms with Crippen molar-refractivity contribution >= 4 is 5.97 Å². The molecule has 0 spiro atoms. The zero-order valence-corrected chi connectivity index (χ0v) is 15.7. The van der Waals surface area contributed by atoms with Gasteiger partial charge in [0.1, 0.15) is 0 Å². The first kappa shape index (κ1) is 26.1. The smallest absolute Gasteiger partial charge is 0.417 e. The van der Waals surface area contributed by atoms with E-state index in [0.29, 0.717) is 0 Å². The molecule has 0 aliphatic rings. The summed E-state index contributed by atoms with van der Waals surface area (Å²) in [5.74, 6) is -2.82. The third-order valence-corrected chi connectivity index (χ3v) is 4.79. The van der Waals surface area contributed by atoms with Crippen LogP contribution in [0, 0.1) is 11.8 Å². The lowest BCUT2D eigenvalue weighted by atomic mass is 9.86. The van der Waals surface area contributed by atoms with Crippen molar-refractivity contribution in [1.29, 1.82) is 0 Å². The number of hydrogen-bond acceptors (Lipinski definition) is 2. The number of alkyl halides is 9. The van der Waals surface area contributed by atoms with Crippen molar-refractivity contribution in [2.75, 3.05) is 6.54 Å². The van der Waals surface area contributed by atoms with Gasteiger partial charge in [-0.25, -0.2) is 0 Å². The van der Waals surface area contributed by atoms with E-state index in [1.54, 1.807) is 6.92 Å². The van der Waals surface area contributed by atoms with Crippen LogP contribution in [0.4, 0.5) is 39.5 Å². The highest BCUT2D eigenvalue weighted by Crippen LogP contribution is 2.45. The zero-order valence-electron chi connectivity index (χ0n) is 15.7. The lowest BCUT2D eigenvalue weighted by Gasteiger charge is -2.23. The first-order chi connectivity index (χ1) is 13.5. The monoisotopic (exact) mass is 453 g/mol. The summed E-state index contributed by atoms with van der Waals surface area (Å²) in [6, 6.07) is -0.471. The van der Waals surface area contributed by atoms with Gasteiger partial charge in [-0.1, -0.05) is 13.3 Å². The number of aryl methyl sites for hydroxylation is 1. The molecule has 0 aliphatic carbocycles. The first-order valence-electron chi connectivity index (χ1n) is 8.83. The Kier molecular flexibility index (Phi) is 8.20. The predicted octanol–water partition coefficient (Wildman–Crippen LogP) is 5.75. The van der Waals surface area contributed by atoms with Gasteiger partial charge in [0, 0.05) is 6.54 Å². The minimum atomic E-state index is -5.65. The minimum Gasteiger partial charge on any atom is -0.481 e. The van der Waals surface area contributed by atoms with E-state index in [1.807, 2.05) is 0 Å². The molecule has 3 N–H and O–H groups in total. The van der Waals surface area contributed by atoms with E-state index < -0.39 is 71.1 Å². The molecule has 3 nitrogen and oxygen atoms in total. The molecule has 2 atom stereocenters. The number of halogens is 9. The summed E-state index contributed by atoms with van der Waals surface area (Å²) >= 11 is 0. The second-order valence-electron chi connectivity index (χ2n) is 6.87. The molecule has 0 bridgehead atoms. The average Bonchev–Trinajstić information content (AvgIpc) is 2.58. The van der Waals surface area contributed by atoms with E-state index in [0.717, 1.165) is 0 Å². The van der Waals surface area contributed by atoms with Crippen LogP contribution < -0.4 is 5.73 Å². The van der Waals surface area contributed by atoms with Crippen LogP contribution in [0.5, 0.6) is 0 Å². The molecule has 0 radical (unpaired) electrons. The van der Waals surface area contributed by atoms with Crippen molar-refractivity contribution in [2.24, 2.45) is 17.6 Å². The van der Waals surface area contributed by atoms with Crippen molar-refractivity contribution in [1.82, 2.24) is 0 Å². The summed E-state index contributed by atoms with van der Waals surface area (Å²) in [6.45, 7) is 1.32. The molecular formula is C18H20F9NO2. The molecule has 0 fully saturated rings. The van der Waals surface area contributed by atoms with Gasteiger partial charge < -0.3 is 10.8 Å². The largest absolute Gasteiger partial charge is 0.481 e. The summed E-state index contributed by atoms with van der Waals surface area (Å²) in [4.78, 5) is 11.1. The number of rotatable bonds is 8. The molecule has 1 rings (SSSR count). The summed E-state index contributed by atoms with van der Waals surface area (Å²) < 4.78 is 119. The van der Waals surface area contributed by atoms with E-state index in [9.17, 15) is 44.3 Å². The third-order valence-electron chi connectivity index (χ3n) is 4.79. The lowest BCUT2D eigenvalue weighted by molar-refractivity contribution is -0.164. The standard InChI is InChI=1S/C18H20F9NO2/c1-2-9(5-11(8-28)15(29)30)3-4-10-6-12(16(19,20)21)7-13(17(22,23)24)14(10)18(25,26)27/h6-7,9,11H,2-5,8,28H2,1H3,(H,29,30). The van der Waals surface area contributed by atoms with Crippen LogP contribution in [0.3, 0.4) is 0 Å². The number of aliphatic carboxylic acids is 1. The van der Waals surface area contributed by atoms with Crippen molar-refractivity contribution in [2.45, 2.75) is 51.1 Å². The molecule has 1 aromatic carbocycles. The number of hydrogen-bond donors (Lipinski definition) is 2. The van der Waals surface area contributed by atoms with Gasteiger partial charge in [-0.15, -0.1) is 0 Å². The number of carboxylic acid groups (broad SMARTS) is 1. The fraction of sp³-hybridized carbons (Fsp3) is 0.611. The highest BCUT2D eigenvalue weighted by atomic mass is 19.4. The molecule has 12 heteroatoms. The molecule has 0 aromatic heterocycles. The third kappa shape index (κ3) is 6.78. The van der Waals surface area contributed by atoms with E-state index >= 15 is 0 Å². The van der Waals surface area contributed by atoms with Crippen LogP contribution in [0.25, 0.3) is 0 Å². The normalized spacial score (nSPS) is 15.2. The molecule has 172 valence electrons. The van der Waals surface area contributed by atoms with Crippen LogP contribution >= 0.6 is 0 Å². The molecule has 1 aromatic rings. The Hall–Kier alpha value is -1.98. The maximum absolute atomic E-state index is 13.4. The number of nitrogens with two attached hydrogens (primary N) is 1. The predicted molar refractivity (Wildman–Crippen MR) is 88.3 cm³/mol. The fourth-order valence-corrected chi connectivity index (χ4v) is 3.17. The van der Waals surface area contributed by atoms with Crippen molar-refractivity contribution in [3.63, 3.8) is 0 Å². The van der Waals surface area contributed by atoms with Crippen molar-refractivity contribution in [3.05, 3.63) is 34.4 Å². The maximum atomic E-state index is 13.4.